The molecule has 1 aliphatic rings. The molecule has 4 heteroatoms. The Balaban J connectivity index is 1.84. The molecule has 2 aromatic rings. The third-order valence-electron chi connectivity index (χ3n) is 2.62. The van der Waals surface area contributed by atoms with Crippen LogP contribution in [0.4, 0.5) is 5.82 Å². The van der Waals surface area contributed by atoms with E-state index in [4.69, 9.17) is 0 Å². The van der Waals surface area contributed by atoms with Gasteiger partial charge in [-0.05, 0) is 18.9 Å². The van der Waals surface area contributed by atoms with E-state index in [0.717, 1.165) is 24.3 Å². The molecule has 0 bridgehead atoms. The summed E-state index contributed by atoms with van der Waals surface area (Å²) in [5, 5.41) is 7.51. The average Bonchev–Trinajstić information content (AvgIpc) is 2.87. The van der Waals surface area contributed by atoms with E-state index in [0.29, 0.717) is 6.04 Å². The molecule has 0 unspecified atom stereocenters. The molecule has 0 saturated carbocycles. The first kappa shape index (κ1) is 8.47. The van der Waals surface area contributed by atoms with Gasteiger partial charge in [0.05, 0.1) is 6.20 Å². The molecular weight excluding hydrogens is 188 g/mol. The lowest BCUT2D eigenvalue weighted by molar-refractivity contribution is 0.779. The van der Waals surface area contributed by atoms with E-state index in [-0.39, 0.29) is 0 Å². The molecule has 0 saturated heterocycles. The highest BCUT2D eigenvalue weighted by Gasteiger charge is 2.10. The van der Waals surface area contributed by atoms with E-state index in [9.17, 15) is 0 Å². The van der Waals surface area contributed by atoms with Gasteiger partial charge < -0.3 is 5.32 Å². The largest absolute Gasteiger partial charge is 0.367 e. The molecule has 15 heavy (non-hydrogen) atoms. The first-order chi connectivity index (χ1) is 7.42. The van der Waals surface area contributed by atoms with Gasteiger partial charge in [-0.3, -0.25) is 0 Å². The van der Waals surface area contributed by atoms with Gasteiger partial charge in [0.15, 0.2) is 5.65 Å². The molecule has 2 aromatic heterocycles. The van der Waals surface area contributed by atoms with Crippen LogP contribution in [-0.4, -0.2) is 20.6 Å². The number of nitrogens with zero attached hydrogens (tertiary/aromatic N) is 3. The Morgan fingerprint density at radius 1 is 1.27 bits per heavy atom. The molecule has 76 valence electrons. The average molecular weight is 200 g/mol. The first-order valence-corrected chi connectivity index (χ1v) is 5.14. The van der Waals surface area contributed by atoms with Crippen molar-refractivity contribution in [2.45, 2.75) is 18.9 Å². The lowest BCUT2D eigenvalue weighted by Crippen LogP contribution is -2.16. The maximum atomic E-state index is 4.46. The van der Waals surface area contributed by atoms with E-state index < -0.39 is 0 Å². The Morgan fingerprint density at radius 3 is 3.00 bits per heavy atom. The lowest BCUT2D eigenvalue weighted by atomic mass is 10.2. The van der Waals surface area contributed by atoms with Crippen LogP contribution in [0, 0.1) is 0 Å². The summed E-state index contributed by atoms with van der Waals surface area (Å²) in [6.45, 7) is 0. The fourth-order valence-corrected chi connectivity index (χ4v) is 1.84. The molecule has 0 radical (unpaired) electrons. The molecule has 0 aliphatic heterocycles. The van der Waals surface area contributed by atoms with Gasteiger partial charge in [0.1, 0.15) is 5.82 Å². The zero-order valence-corrected chi connectivity index (χ0v) is 8.30. The van der Waals surface area contributed by atoms with Crippen LogP contribution in [0.25, 0.3) is 5.65 Å². The fourth-order valence-electron chi connectivity index (χ4n) is 1.84. The topological polar surface area (TPSA) is 42.2 Å². The summed E-state index contributed by atoms with van der Waals surface area (Å²) < 4.78 is 1.76. The predicted molar refractivity (Wildman–Crippen MR) is 58.8 cm³/mol. The van der Waals surface area contributed by atoms with E-state index in [1.165, 1.54) is 0 Å². The standard InChI is InChI=1S/C11H12N4/c1-2-4-9(3-1)13-10-6-8-15-11(14-10)5-7-12-15/h1-2,5-9H,3-4H2,(H,13,14). The number of anilines is 1. The molecule has 2 heterocycles. The van der Waals surface area contributed by atoms with Crippen LogP contribution in [0.5, 0.6) is 0 Å². The number of hydrogen-bond acceptors (Lipinski definition) is 3. The van der Waals surface area contributed by atoms with Crippen LogP contribution in [-0.2, 0) is 0 Å². The molecule has 1 N–H and O–H groups in total. The van der Waals surface area contributed by atoms with Crippen molar-refractivity contribution in [1.82, 2.24) is 14.6 Å². The van der Waals surface area contributed by atoms with Gasteiger partial charge in [-0.1, -0.05) is 12.2 Å². The van der Waals surface area contributed by atoms with Gasteiger partial charge >= 0.3 is 0 Å². The number of rotatable bonds is 2. The Labute approximate surface area is 87.6 Å². The Bertz CT molecular complexity index is 492. The van der Waals surface area contributed by atoms with E-state index in [2.05, 4.69) is 27.6 Å². The van der Waals surface area contributed by atoms with Crippen molar-refractivity contribution >= 4 is 11.5 Å². The minimum absolute atomic E-state index is 0.503. The normalized spacial score (nSPS) is 16.3. The van der Waals surface area contributed by atoms with Crippen LogP contribution >= 0.6 is 0 Å². The van der Waals surface area contributed by atoms with Crippen LogP contribution in [0.3, 0.4) is 0 Å². The monoisotopic (exact) mass is 200 g/mol. The van der Waals surface area contributed by atoms with Crippen LogP contribution < -0.4 is 5.32 Å². The summed E-state index contributed by atoms with van der Waals surface area (Å²) in [7, 11) is 0. The molecule has 0 fully saturated rings. The number of nitrogens with one attached hydrogen (secondary N) is 1. The van der Waals surface area contributed by atoms with Gasteiger partial charge in [-0.25, -0.2) is 9.50 Å². The lowest BCUT2D eigenvalue weighted by Gasteiger charge is -2.12. The SMILES string of the molecule is C1=CCC(Nc2ccn3nccc3n2)C1. The van der Waals surface area contributed by atoms with Crippen molar-refractivity contribution < 1.29 is 0 Å². The molecule has 0 spiro atoms. The van der Waals surface area contributed by atoms with Crippen molar-refractivity contribution in [2.75, 3.05) is 5.32 Å². The second-order valence-electron chi connectivity index (χ2n) is 3.73. The maximum absolute atomic E-state index is 4.46. The van der Waals surface area contributed by atoms with Crippen molar-refractivity contribution in [1.29, 1.82) is 0 Å². The highest BCUT2D eigenvalue weighted by molar-refractivity contribution is 5.46. The number of hydrogen-bond donors (Lipinski definition) is 1. The smallest absolute Gasteiger partial charge is 0.157 e. The molecular formula is C11H12N4. The van der Waals surface area contributed by atoms with Crippen molar-refractivity contribution in [3.05, 3.63) is 36.7 Å². The summed E-state index contributed by atoms with van der Waals surface area (Å²) in [4.78, 5) is 4.46. The third kappa shape index (κ3) is 1.58. The van der Waals surface area contributed by atoms with Crippen LogP contribution in [0.1, 0.15) is 12.8 Å². The second kappa shape index (κ2) is 3.38. The highest BCUT2D eigenvalue weighted by Crippen LogP contribution is 2.15. The first-order valence-electron chi connectivity index (χ1n) is 5.14. The van der Waals surface area contributed by atoms with E-state index in [1.807, 2.05) is 18.3 Å². The summed E-state index contributed by atoms with van der Waals surface area (Å²) in [5.41, 5.74) is 0.881. The van der Waals surface area contributed by atoms with Gasteiger partial charge in [0.25, 0.3) is 0 Å². The van der Waals surface area contributed by atoms with Gasteiger partial charge in [-0.15, -0.1) is 0 Å². The maximum Gasteiger partial charge on any atom is 0.157 e. The van der Waals surface area contributed by atoms with Crippen LogP contribution in [0.2, 0.25) is 0 Å². The van der Waals surface area contributed by atoms with Gasteiger partial charge in [-0.2, -0.15) is 5.10 Å². The number of aromatic nitrogens is 3. The zero-order chi connectivity index (χ0) is 10.1. The zero-order valence-electron chi connectivity index (χ0n) is 8.30. The Hall–Kier alpha value is -1.84. The van der Waals surface area contributed by atoms with Gasteiger partial charge in [0, 0.05) is 18.3 Å². The summed E-state index contributed by atoms with van der Waals surface area (Å²) in [6.07, 6.45) is 10.3. The highest BCUT2D eigenvalue weighted by atomic mass is 15.2. The summed E-state index contributed by atoms with van der Waals surface area (Å²) in [5.74, 6) is 0.928. The predicted octanol–water partition coefficient (Wildman–Crippen LogP) is 1.86. The molecule has 4 nitrogen and oxygen atoms in total. The molecule has 0 atom stereocenters. The third-order valence-corrected chi connectivity index (χ3v) is 2.62. The van der Waals surface area contributed by atoms with E-state index in [1.54, 1.807) is 10.7 Å². The second-order valence-corrected chi connectivity index (χ2v) is 3.73. The van der Waals surface area contributed by atoms with Crippen molar-refractivity contribution in [2.24, 2.45) is 0 Å². The molecule has 0 amide bonds. The minimum Gasteiger partial charge on any atom is -0.367 e. The Morgan fingerprint density at radius 2 is 2.13 bits per heavy atom. The van der Waals surface area contributed by atoms with Crippen molar-refractivity contribution in [3.8, 4) is 0 Å². The molecule has 3 rings (SSSR count). The fraction of sp³-hybridized carbons (Fsp3) is 0.273. The molecule has 0 aromatic carbocycles. The summed E-state index contributed by atoms with van der Waals surface area (Å²) in [6, 6.07) is 4.36. The quantitative estimate of drug-likeness (QED) is 0.752. The van der Waals surface area contributed by atoms with E-state index >= 15 is 0 Å². The van der Waals surface area contributed by atoms with Gasteiger partial charge in [0.2, 0.25) is 0 Å². The Kier molecular flexibility index (Phi) is 1.91. The number of fused-ring (bicyclic) bond motifs is 1. The van der Waals surface area contributed by atoms with Crippen LogP contribution in [0.15, 0.2) is 36.7 Å². The summed E-state index contributed by atoms with van der Waals surface area (Å²) >= 11 is 0. The van der Waals surface area contributed by atoms with Crippen molar-refractivity contribution in [3.63, 3.8) is 0 Å². The minimum atomic E-state index is 0.503. The molecule has 1 aliphatic carbocycles.